The van der Waals surface area contributed by atoms with Crippen LogP contribution in [-0.4, -0.2) is 28.9 Å². The summed E-state index contributed by atoms with van der Waals surface area (Å²) in [6.45, 7) is 3.59. The summed E-state index contributed by atoms with van der Waals surface area (Å²) in [5, 5.41) is 12.7. The predicted octanol–water partition coefficient (Wildman–Crippen LogP) is 5.34. The maximum Gasteiger partial charge on any atom is 0.310 e. The van der Waals surface area contributed by atoms with Crippen molar-refractivity contribution in [1.29, 1.82) is 0 Å². The molecule has 0 fully saturated rings. The highest BCUT2D eigenvalue weighted by Gasteiger charge is 2.44. The van der Waals surface area contributed by atoms with Crippen molar-refractivity contribution in [2.24, 2.45) is 0 Å². The van der Waals surface area contributed by atoms with Crippen molar-refractivity contribution in [2.75, 3.05) is 4.90 Å². The highest BCUT2D eigenvalue weighted by molar-refractivity contribution is 7.10. The topological polar surface area (TPSA) is 83.9 Å². The van der Waals surface area contributed by atoms with E-state index in [0.717, 1.165) is 16.0 Å². The molecule has 0 aliphatic carbocycles. The Morgan fingerprint density at radius 1 is 1.00 bits per heavy atom. The van der Waals surface area contributed by atoms with Crippen molar-refractivity contribution in [2.45, 2.75) is 45.3 Å². The van der Waals surface area contributed by atoms with Gasteiger partial charge in [-0.25, -0.2) is 0 Å². The third-order valence-electron chi connectivity index (χ3n) is 5.73. The van der Waals surface area contributed by atoms with E-state index in [1.165, 1.54) is 16.2 Å². The van der Waals surface area contributed by atoms with E-state index in [9.17, 15) is 19.5 Å². The molecule has 4 rings (SSSR count). The van der Waals surface area contributed by atoms with Gasteiger partial charge in [-0.3, -0.25) is 19.3 Å². The van der Waals surface area contributed by atoms with Crippen molar-refractivity contribution >= 4 is 34.7 Å². The molecule has 35 heavy (non-hydrogen) atoms. The van der Waals surface area contributed by atoms with Crippen molar-refractivity contribution in [3.05, 3.63) is 99.4 Å². The highest BCUT2D eigenvalue weighted by Crippen LogP contribution is 2.43. The number of ether oxygens (including phenoxy) is 1. The summed E-state index contributed by atoms with van der Waals surface area (Å²) in [4.78, 5) is 40.7. The summed E-state index contributed by atoms with van der Waals surface area (Å²) < 4.78 is 5.20. The van der Waals surface area contributed by atoms with Gasteiger partial charge in [0, 0.05) is 17.0 Å². The quantitative estimate of drug-likeness (QED) is 0.410. The van der Waals surface area contributed by atoms with E-state index >= 15 is 0 Å². The summed E-state index contributed by atoms with van der Waals surface area (Å²) in [5.41, 5.74) is 2.42. The third-order valence-corrected chi connectivity index (χ3v) is 6.66. The minimum Gasteiger partial charge on any atom is -0.503 e. The van der Waals surface area contributed by atoms with Crippen LogP contribution in [0.25, 0.3) is 0 Å². The molecule has 1 N–H and O–H groups in total. The maximum absolute atomic E-state index is 13.3. The second-order valence-corrected chi connectivity index (χ2v) is 9.63. The molecule has 1 aliphatic heterocycles. The first kappa shape index (κ1) is 24.4. The summed E-state index contributed by atoms with van der Waals surface area (Å²) in [6.07, 6.45) is 0.627. The van der Waals surface area contributed by atoms with E-state index in [1.807, 2.05) is 47.8 Å². The van der Waals surface area contributed by atoms with Crippen molar-refractivity contribution in [1.82, 2.24) is 0 Å². The number of hydrogen-bond acceptors (Lipinski definition) is 6. The predicted molar refractivity (Wildman–Crippen MR) is 135 cm³/mol. The minimum absolute atomic E-state index is 0.119. The fourth-order valence-electron chi connectivity index (χ4n) is 4.16. The molecule has 2 heterocycles. The van der Waals surface area contributed by atoms with Gasteiger partial charge in [-0.2, -0.15) is 0 Å². The van der Waals surface area contributed by atoms with Gasteiger partial charge in [0.05, 0.1) is 18.1 Å². The first-order valence-electron chi connectivity index (χ1n) is 11.5. The number of nitrogens with zero attached hydrogens (tertiary/aromatic N) is 1. The van der Waals surface area contributed by atoms with Gasteiger partial charge in [0.15, 0.2) is 11.5 Å². The number of rotatable bonds is 9. The zero-order valence-electron chi connectivity index (χ0n) is 19.6. The van der Waals surface area contributed by atoms with Crippen LogP contribution in [-0.2, 0) is 32.0 Å². The molecular weight excluding hydrogens is 462 g/mol. The monoisotopic (exact) mass is 489 g/mol. The van der Waals surface area contributed by atoms with E-state index in [1.54, 1.807) is 38.1 Å². The average Bonchev–Trinajstić information content (AvgIpc) is 3.45. The summed E-state index contributed by atoms with van der Waals surface area (Å²) in [6, 6.07) is 19.6. The molecule has 0 saturated heterocycles. The molecule has 0 bridgehead atoms. The molecule has 180 valence electrons. The van der Waals surface area contributed by atoms with Crippen LogP contribution in [0.5, 0.6) is 0 Å². The second-order valence-electron chi connectivity index (χ2n) is 8.65. The van der Waals surface area contributed by atoms with E-state index in [0.29, 0.717) is 12.1 Å². The van der Waals surface area contributed by atoms with Gasteiger partial charge >= 0.3 is 5.97 Å². The average molecular weight is 490 g/mol. The van der Waals surface area contributed by atoms with Gasteiger partial charge in [0.2, 0.25) is 0 Å². The largest absolute Gasteiger partial charge is 0.503 e. The van der Waals surface area contributed by atoms with Crippen LogP contribution in [0.1, 0.15) is 42.3 Å². The molecule has 1 atom stereocenters. The molecule has 6 nitrogen and oxygen atoms in total. The first-order chi connectivity index (χ1) is 16.8. The Balaban J connectivity index is 1.59. The Kier molecular flexibility index (Phi) is 7.46. The standard InChI is InChI=1S/C28H27NO5S/c1-18(2)34-24(31)17-20-10-13-21(14-11-20)29-26(23-9-6-16-35-23)25(27(32)28(29)33)22(30)15-12-19-7-4-3-5-8-19/h3-11,13-14,16,18,26,32H,12,15,17H2,1-2H3. The Labute approximate surface area is 208 Å². The van der Waals surface area contributed by atoms with Crippen LogP contribution in [0.15, 0.2) is 83.4 Å². The molecular formula is C28H27NO5S. The number of aliphatic hydroxyl groups excluding tert-OH is 1. The molecule has 2 aromatic carbocycles. The molecule has 7 heteroatoms. The number of esters is 1. The summed E-state index contributed by atoms with van der Waals surface area (Å²) >= 11 is 1.42. The summed E-state index contributed by atoms with van der Waals surface area (Å²) in [5.74, 6) is -1.70. The number of aryl methyl sites for hydroxylation is 1. The van der Waals surface area contributed by atoms with E-state index in [2.05, 4.69) is 0 Å². The molecule has 0 spiro atoms. The van der Waals surface area contributed by atoms with Crippen LogP contribution in [0, 0.1) is 0 Å². The number of thiophene rings is 1. The number of aliphatic hydroxyl groups is 1. The Morgan fingerprint density at radius 3 is 2.34 bits per heavy atom. The fourth-order valence-corrected chi connectivity index (χ4v) is 4.98. The van der Waals surface area contributed by atoms with Gasteiger partial charge in [0.25, 0.3) is 5.91 Å². The zero-order chi connectivity index (χ0) is 24.9. The van der Waals surface area contributed by atoms with Crippen LogP contribution < -0.4 is 4.90 Å². The number of amides is 1. The van der Waals surface area contributed by atoms with Gasteiger partial charge in [0.1, 0.15) is 6.04 Å². The van der Waals surface area contributed by atoms with Crippen molar-refractivity contribution in [3.63, 3.8) is 0 Å². The molecule has 3 aromatic rings. The van der Waals surface area contributed by atoms with Crippen LogP contribution in [0.3, 0.4) is 0 Å². The molecule has 1 amide bonds. The normalized spacial score (nSPS) is 15.7. The van der Waals surface area contributed by atoms with E-state index in [4.69, 9.17) is 4.74 Å². The van der Waals surface area contributed by atoms with Crippen molar-refractivity contribution in [3.8, 4) is 0 Å². The Morgan fingerprint density at radius 2 is 1.71 bits per heavy atom. The number of hydrogen-bond donors (Lipinski definition) is 1. The Bertz CT molecular complexity index is 1230. The fraction of sp³-hybridized carbons (Fsp3) is 0.250. The van der Waals surface area contributed by atoms with Crippen LogP contribution in [0.2, 0.25) is 0 Å². The van der Waals surface area contributed by atoms with Gasteiger partial charge in [-0.1, -0.05) is 48.5 Å². The first-order valence-corrected chi connectivity index (χ1v) is 12.4. The maximum atomic E-state index is 13.3. The highest BCUT2D eigenvalue weighted by atomic mass is 32.1. The Hall–Kier alpha value is -3.71. The lowest BCUT2D eigenvalue weighted by molar-refractivity contribution is -0.146. The van der Waals surface area contributed by atoms with Gasteiger partial charge in [-0.15, -0.1) is 11.3 Å². The number of Topliss-reactive ketones (excluding diaryl/α,β-unsaturated/α-hetero) is 1. The summed E-state index contributed by atoms with van der Waals surface area (Å²) in [7, 11) is 0. The third kappa shape index (κ3) is 5.52. The van der Waals surface area contributed by atoms with E-state index < -0.39 is 17.7 Å². The van der Waals surface area contributed by atoms with Crippen LogP contribution in [0.4, 0.5) is 5.69 Å². The number of ketones is 1. The lowest BCUT2D eigenvalue weighted by Crippen LogP contribution is -2.30. The van der Waals surface area contributed by atoms with Crippen molar-refractivity contribution < 1.29 is 24.2 Å². The molecule has 1 aliphatic rings. The SMILES string of the molecule is CC(C)OC(=O)Cc1ccc(N2C(=O)C(O)=C(C(=O)CCc3ccccc3)C2c2cccs2)cc1. The number of anilines is 1. The molecule has 1 unspecified atom stereocenters. The van der Waals surface area contributed by atoms with E-state index in [-0.39, 0.29) is 36.3 Å². The number of carbonyl (C=O) groups is 3. The number of carbonyl (C=O) groups excluding carboxylic acids is 3. The smallest absolute Gasteiger partial charge is 0.310 e. The minimum atomic E-state index is -0.706. The second kappa shape index (κ2) is 10.7. The molecule has 0 radical (unpaired) electrons. The lowest BCUT2D eigenvalue weighted by Gasteiger charge is -2.26. The lowest BCUT2D eigenvalue weighted by atomic mass is 9.97. The zero-order valence-corrected chi connectivity index (χ0v) is 20.5. The number of benzene rings is 2. The van der Waals surface area contributed by atoms with Crippen LogP contribution >= 0.6 is 11.3 Å². The molecule has 1 aromatic heterocycles. The van der Waals surface area contributed by atoms with Gasteiger partial charge in [-0.05, 0) is 55.0 Å². The molecule has 0 saturated carbocycles. The van der Waals surface area contributed by atoms with Gasteiger partial charge < -0.3 is 9.84 Å².